The number of ketones is 1. The average Bonchev–Trinajstić information content (AvgIpc) is 2.67. The monoisotopic (exact) mass is 432 g/mol. The zero-order chi connectivity index (χ0) is 21.4. The molecule has 0 aliphatic heterocycles. The van der Waals surface area contributed by atoms with Crippen LogP contribution in [-0.2, 0) is 16.1 Å². The first-order chi connectivity index (χ1) is 14.3. The lowest BCUT2D eigenvalue weighted by Crippen LogP contribution is -2.75. The number of carbonyl (C=O) groups is 2. The SMILES string of the molecule is COCc1ccc(C(=O)CC23CC(NC(=O)COc4ccc(Cl)c(F)c4)(C2)C3)cn1. The topological polar surface area (TPSA) is 77.5 Å². The van der Waals surface area contributed by atoms with Crippen LogP contribution < -0.4 is 10.1 Å². The van der Waals surface area contributed by atoms with Crippen molar-refractivity contribution in [1.82, 2.24) is 10.3 Å². The highest BCUT2D eigenvalue weighted by atomic mass is 35.5. The zero-order valence-electron chi connectivity index (χ0n) is 16.5. The van der Waals surface area contributed by atoms with E-state index >= 15 is 0 Å². The lowest BCUT2D eigenvalue weighted by atomic mass is 9.38. The van der Waals surface area contributed by atoms with Gasteiger partial charge in [0.25, 0.3) is 5.91 Å². The van der Waals surface area contributed by atoms with Crippen molar-refractivity contribution in [3.8, 4) is 5.75 Å². The number of Topliss-reactive ketones (excluding diaryl/α,β-unsaturated/α-hetero) is 1. The van der Waals surface area contributed by atoms with Crippen LogP contribution in [0.15, 0.2) is 36.5 Å². The molecule has 1 N–H and O–H groups in total. The van der Waals surface area contributed by atoms with Crippen LogP contribution in [0.1, 0.15) is 41.7 Å². The second-order valence-electron chi connectivity index (χ2n) is 8.29. The van der Waals surface area contributed by atoms with E-state index < -0.39 is 5.82 Å². The number of ether oxygens (including phenoxy) is 2. The van der Waals surface area contributed by atoms with Gasteiger partial charge in [0.05, 0.1) is 17.3 Å². The van der Waals surface area contributed by atoms with Gasteiger partial charge in [-0.3, -0.25) is 14.6 Å². The first-order valence-electron chi connectivity index (χ1n) is 9.68. The third kappa shape index (κ3) is 4.18. The predicted octanol–water partition coefficient (Wildman–Crippen LogP) is 3.71. The molecule has 8 heteroatoms. The van der Waals surface area contributed by atoms with Gasteiger partial charge in [-0.25, -0.2) is 4.39 Å². The Bertz CT molecular complexity index is 960. The summed E-state index contributed by atoms with van der Waals surface area (Å²) < 4.78 is 23.8. The van der Waals surface area contributed by atoms with Crippen molar-refractivity contribution in [2.75, 3.05) is 13.7 Å². The Kier molecular flexibility index (Phi) is 5.51. The Hall–Kier alpha value is -2.51. The summed E-state index contributed by atoms with van der Waals surface area (Å²) in [5.41, 5.74) is 1.11. The van der Waals surface area contributed by atoms with Crippen LogP contribution in [0.3, 0.4) is 0 Å². The summed E-state index contributed by atoms with van der Waals surface area (Å²) in [4.78, 5) is 29.0. The zero-order valence-corrected chi connectivity index (χ0v) is 17.3. The average molecular weight is 433 g/mol. The van der Waals surface area contributed by atoms with E-state index in [2.05, 4.69) is 10.3 Å². The number of methoxy groups -OCH3 is 1. The molecule has 2 aromatic rings. The van der Waals surface area contributed by atoms with Gasteiger partial charge in [0.1, 0.15) is 11.6 Å². The molecule has 5 rings (SSSR count). The number of carbonyl (C=O) groups excluding carboxylic acids is 2. The normalized spacial score (nSPS) is 23.8. The third-order valence-corrected chi connectivity index (χ3v) is 6.09. The van der Waals surface area contributed by atoms with Gasteiger partial charge in [0.15, 0.2) is 12.4 Å². The fourth-order valence-electron chi connectivity index (χ4n) is 4.63. The van der Waals surface area contributed by atoms with Crippen molar-refractivity contribution in [1.29, 1.82) is 0 Å². The number of halogens is 2. The van der Waals surface area contributed by atoms with Gasteiger partial charge in [-0.1, -0.05) is 11.6 Å². The molecule has 0 unspecified atom stereocenters. The molecule has 0 spiro atoms. The molecule has 2 bridgehead atoms. The second-order valence-corrected chi connectivity index (χ2v) is 8.70. The quantitative estimate of drug-likeness (QED) is 0.611. The number of nitrogens with zero attached hydrogens (tertiary/aromatic N) is 1. The van der Waals surface area contributed by atoms with Gasteiger partial charge >= 0.3 is 0 Å². The van der Waals surface area contributed by atoms with Crippen molar-refractivity contribution >= 4 is 23.3 Å². The van der Waals surface area contributed by atoms with Crippen LogP contribution in [0, 0.1) is 11.2 Å². The minimum atomic E-state index is -0.593. The van der Waals surface area contributed by atoms with Gasteiger partial charge in [0, 0.05) is 36.9 Å². The molecule has 0 atom stereocenters. The summed E-state index contributed by atoms with van der Waals surface area (Å²) in [6.07, 6.45) is 4.39. The fraction of sp³-hybridized carbons (Fsp3) is 0.409. The van der Waals surface area contributed by atoms with E-state index in [1.54, 1.807) is 25.4 Å². The number of rotatable bonds is 9. The molecule has 30 heavy (non-hydrogen) atoms. The van der Waals surface area contributed by atoms with Crippen molar-refractivity contribution in [3.63, 3.8) is 0 Å². The van der Waals surface area contributed by atoms with Gasteiger partial charge in [-0.05, 0) is 48.9 Å². The molecule has 158 valence electrons. The molecule has 3 fully saturated rings. The highest BCUT2D eigenvalue weighted by Crippen LogP contribution is 2.69. The second kappa shape index (κ2) is 7.96. The Morgan fingerprint density at radius 3 is 2.63 bits per heavy atom. The van der Waals surface area contributed by atoms with Crippen LogP contribution in [0.4, 0.5) is 4.39 Å². The highest BCUT2D eigenvalue weighted by Gasteiger charge is 2.68. The van der Waals surface area contributed by atoms with Gasteiger partial charge in [-0.2, -0.15) is 0 Å². The molecule has 6 nitrogen and oxygen atoms in total. The lowest BCUT2D eigenvalue weighted by Gasteiger charge is -2.70. The van der Waals surface area contributed by atoms with E-state index in [0.717, 1.165) is 31.0 Å². The predicted molar refractivity (Wildman–Crippen MR) is 108 cm³/mol. The minimum absolute atomic E-state index is 0.00205. The summed E-state index contributed by atoms with van der Waals surface area (Å²) in [5, 5.41) is 3.00. The van der Waals surface area contributed by atoms with Crippen LogP contribution in [0.5, 0.6) is 5.75 Å². The van der Waals surface area contributed by atoms with Crippen LogP contribution in [0.25, 0.3) is 0 Å². The molecule has 0 radical (unpaired) electrons. The van der Waals surface area contributed by atoms with Crippen LogP contribution >= 0.6 is 11.6 Å². The van der Waals surface area contributed by atoms with E-state index in [0.29, 0.717) is 18.6 Å². The smallest absolute Gasteiger partial charge is 0.258 e. The number of aromatic nitrogens is 1. The molecule has 3 aliphatic rings. The van der Waals surface area contributed by atoms with E-state index in [1.807, 2.05) is 0 Å². The van der Waals surface area contributed by atoms with Crippen molar-refractivity contribution in [2.45, 2.75) is 37.8 Å². The summed E-state index contributed by atoms with van der Waals surface area (Å²) >= 11 is 5.63. The third-order valence-electron chi connectivity index (χ3n) is 5.78. The van der Waals surface area contributed by atoms with E-state index in [9.17, 15) is 14.0 Å². The number of hydrogen-bond donors (Lipinski definition) is 1. The minimum Gasteiger partial charge on any atom is -0.484 e. The van der Waals surface area contributed by atoms with E-state index in [-0.39, 0.29) is 40.0 Å². The maximum atomic E-state index is 13.4. The molecule has 0 saturated heterocycles. The van der Waals surface area contributed by atoms with Gasteiger partial charge < -0.3 is 14.8 Å². The summed E-state index contributed by atoms with van der Waals surface area (Å²) in [5.74, 6) is -0.539. The van der Waals surface area contributed by atoms with E-state index in [1.165, 1.54) is 12.1 Å². The number of amides is 1. The Labute approximate surface area is 178 Å². The summed E-state index contributed by atoms with van der Waals surface area (Å²) in [6, 6.07) is 7.62. The van der Waals surface area contributed by atoms with Crippen molar-refractivity contribution in [3.05, 3.63) is 58.6 Å². The molecule has 1 aromatic heterocycles. The summed E-state index contributed by atoms with van der Waals surface area (Å²) in [6.45, 7) is 0.214. The van der Waals surface area contributed by atoms with E-state index in [4.69, 9.17) is 21.1 Å². The van der Waals surface area contributed by atoms with Crippen molar-refractivity contribution < 1.29 is 23.5 Å². The maximum absolute atomic E-state index is 13.4. The van der Waals surface area contributed by atoms with Gasteiger partial charge in [-0.15, -0.1) is 0 Å². The number of nitrogens with one attached hydrogen (secondary N) is 1. The standard InChI is InChI=1S/C22H22ClFN2O4/c1-29-9-15-3-2-14(8-25-15)19(27)7-21-11-22(12-21,13-21)26-20(28)10-30-16-4-5-17(23)18(24)6-16/h2-6,8H,7,9-13H2,1H3,(H,26,28). The van der Waals surface area contributed by atoms with Gasteiger partial charge in [0.2, 0.25) is 0 Å². The number of pyridine rings is 1. The molecular formula is C22H22ClFN2O4. The first kappa shape index (κ1) is 20.8. The largest absolute Gasteiger partial charge is 0.484 e. The fourth-order valence-corrected chi connectivity index (χ4v) is 4.75. The molecule has 1 amide bonds. The molecule has 1 heterocycles. The Morgan fingerprint density at radius 1 is 1.23 bits per heavy atom. The van der Waals surface area contributed by atoms with Crippen LogP contribution in [0.2, 0.25) is 5.02 Å². The molecular weight excluding hydrogens is 411 g/mol. The van der Waals surface area contributed by atoms with Crippen LogP contribution in [-0.4, -0.2) is 35.9 Å². The Balaban J connectivity index is 1.22. The molecule has 3 aliphatic carbocycles. The Morgan fingerprint density at radius 2 is 2.00 bits per heavy atom. The lowest BCUT2D eigenvalue weighted by molar-refractivity contribution is -0.164. The highest BCUT2D eigenvalue weighted by molar-refractivity contribution is 6.30. The summed E-state index contributed by atoms with van der Waals surface area (Å²) in [7, 11) is 1.60. The molecule has 3 saturated carbocycles. The maximum Gasteiger partial charge on any atom is 0.258 e. The number of hydrogen-bond acceptors (Lipinski definition) is 5. The first-order valence-corrected chi connectivity index (χ1v) is 10.1. The molecule has 1 aromatic carbocycles. The number of benzene rings is 1. The van der Waals surface area contributed by atoms with Crippen molar-refractivity contribution in [2.24, 2.45) is 5.41 Å².